The molecule has 4 nitrogen and oxygen atoms in total. The summed E-state index contributed by atoms with van der Waals surface area (Å²) < 4.78 is 13.0. The summed E-state index contributed by atoms with van der Waals surface area (Å²) in [6, 6.07) is 28.8. The Hall–Kier alpha value is -3.37. The zero-order valence-corrected chi connectivity index (χ0v) is 16.7. The lowest BCUT2D eigenvalue weighted by molar-refractivity contribution is 0.188. The van der Waals surface area contributed by atoms with Gasteiger partial charge in [0.15, 0.2) is 0 Å². The molecule has 0 fully saturated rings. The number of imidazole rings is 1. The van der Waals surface area contributed by atoms with Crippen molar-refractivity contribution in [2.24, 2.45) is 0 Å². The van der Waals surface area contributed by atoms with E-state index in [-0.39, 0.29) is 0 Å². The van der Waals surface area contributed by atoms with E-state index >= 15 is 0 Å². The largest absolute Gasteiger partial charge is 0.497 e. The zero-order valence-electron chi connectivity index (χ0n) is 16.7. The van der Waals surface area contributed by atoms with E-state index in [1.165, 1.54) is 0 Å². The van der Waals surface area contributed by atoms with Gasteiger partial charge < -0.3 is 14.0 Å². The molecule has 3 aromatic carbocycles. The van der Waals surface area contributed by atoms with E-state index in [0.29, 0.717) is 13.2 Å². The van der Waals surface area contributed by atoms with Crippen LogP contribution in [0.5, 0.6) is 5.75 Å². The van der Waals surface area contributed by atoms with Gasteiger partial charge in [-0.25, -0.2) is 4.98 Å². The van der Waals surface area contributed by atoms with E-state index in [1.807, 2.05) is 48.5 Å². The highest BCUT2D eigenvalue weighted by molar-refractivity contribution is 5.82. The molecule has 0 N–H and O–H groups in total. The first-order valence-corrected chi connectivity index (χ1v) is 9.66. The van der Waals surface area contributed by atoms with Crippen molar-refractivity contribution in [2.75, 3.05) is 20.8 Å². The van der Waals surface area contributed by atoms with Crippen LogP contribution in [-0.2, 0) is 11.3 Å². The van der Waals surface area contributed by atoms with Gasteiger partial charge in [0.1, 0.15) is 11.6 Å². The Morgan fingerprint density at radius 1 is 0.724 bits per heavy atom. The zero-order chi connectivity index (χ0) is 20.1. The molecule has 0 aliphatic rings. The molecule has 0 amide bonds. The standard InChI is InChI=1S/C25H24N2O2/c1-28-18-17-27-24(20-11-7-4-8-12-20)23(19-9-5-3-6-10-19)26-25(27)21-13-15-22(29-2)16-14-21/h3-16H,17-18H2,1-2H3. The van der Waals surface area contributed by atoms with Crippen LogP contribution >= 0.6 is 0 Å². The quantitative estimate of drug-likeness (QED) is 0.420. The van der Waals surface area contributed by atoms with Crippen molar-refractivity contribution in [1.29, 1.82) is 0 Å². The maximum Gasteiger partial charge on any atom is 0.141 e. The lowest BCUT2D eigenvalue weighted by Gasteiger charge is -2.13. The molecule has 4 heteroatoms. The molecular weight excluding hydrogens is 360 g/mol. The smallest absolute Gasteiger partial charge is 0.141 e. The Labute approximate surface area is 171 Å². The molecule has 146 valence electrons. The first-order valence-electron chi connectivity index (χ1n) is 9.66. The van der Waals surface area contributed by atoms with Crippen molar-refractivity contribution >= 4 is 0 Å². The fourth-order valence-electron chi connectivity index (χ4n) is 3.50. The monoisotopic (exact) mass is 384 g/mol. The summed E-state index contributed by atoms with van der Waals surface area (Å²) >= 11 is 0. The molecule has 0 bridgehead atoms. The topological polar surface area (TPSA) is 36.3 Å². The number of ether oxygens (including phenoxy) is 2. The van der Waals surface area contributed by atoms with Crippen molar-refractivity contribution in [3.8, 4) is 39.7 Å². The molecule has 29 heavy (non-hydrogen) atoms. The highest BCUT2D eigenvalue weighted by atomic mass is 16.5. The molecular formula is C25H24N2O2. The van der Waals surface area contributed by atoms with Gasteiger partial charge in [-0.05, 0) is 24.3 Å². The number of aromatic nitrogens is 2. The molecule has 0 saturated carbocycles. The van der Waals surface area contributed by atoms with Crippen LogP contribution in [-0.4, -0.2) is 30.4 Å². The fraction of sp³-hybridized carbons (Fsp3) is 0.160. The summed E-state index contributed by atoms with van der Waals surface area (Å²) in [4.78, 5) is 5.10. The minimum atomic E-state index is 0.605. The second-order valence-electron chi connectivity index (χ2n) is 6.74. The van der Waals surface area contributed by atoms with E-state index in [0.717, 1.165) is 39.7 Å². The normalized spacial score (nSPS) is 10.8. The molecule has 0 aliphatic heterocycles. The lowest BCUT2D eigenvalue weighted by Crippen LogP contribution is -2.08. The fourth-order valence-corrected chi connectivity index (χ4v) is 3.50. The van der Waals surface area contributed by atoms with Crippen molar-refractivity contribution in [3.05, 3.63) is 84.9 Å². The highest BCUT2D eigenvalue weighted by Gasteiger charge is 2.20. The van der Waals surface area contributed by atoms with Gasteiger partial charge in [0.25, 0.3) is 0 Å². The molecule has 4 rings (SSSR count). The molecule has 0 saturated heterocycles. The summed E-state index contributed by atoms with van der Waals surface area (Å²) in [5.41, 5.74) is 5.34. The van der Waals surface area contributed by atoms with Gasteiger partial charge >= 0.3 is 0 Å². The van der Waals surface area contributed by atoms with Crippen LogP contribution in [0.1, 0.15) is 0 Å². The first-order chi connectivity index (χ1) is 14.3. The summed E-state index contributed by atoms with van der Waals surface area (Å²) in [7, 11) is 3.40. The molecule has 0 unspecified atom stereocenters. The molecule has 0 spiro atoms. The Kier molecular flexibility index (Phi) is 5.73. The predicted molar refractivity (Wildman–Crippen MR) is 117 cm³/mol. The second kappa shape index (κ2) is 8.76. The number of hydrogen-bond donors (Lipinski definition) is 0. The Morgan fingerprint density at radius 3 is 1.93 bits per heavy atom. The number of hydrogen-bond acceptors (Lipinski definition) is 3. The Morgan fingerprint density at radius 2 is 1.34 bits per heavy atom. The van der Waals surface area contributed by atoms with Crippen LogP contribution in [0.3, 0.4) is 0 Å². The average molecular weight is 384 g/mol. The molecule has 0 radical (unpaired) electrons. The minimum Gasteiger partial charge on any atom is -0.497 e. The van der Waals surface area contributed by atoms with Crippen LogP contribution < -0.4 is 4.74 Å². The van der Waals surface area contributed by atoms with Crippen molar-refractivity contribution < 1.29 is 9.47 Å². The van der Waals surface area contributed by atoms with Gasteiger partial charge in [0, 0.05) is 30.3 Å². The van der Waals surface area contributed by atoms with E-state index in [4.69, 9.17) is 14.5 Å². The van der Waals surface area contributed by atoms with Crippen molar-refractivity contribution in [2.45, 2.75) is 6.54 Å². The molecule has 1 heterocycles. The van der Waals surface area contributed by atoms with E-state index < -0.39 is 0 Å². The predicted octanol–water partition coefficient (Wildman–Crippen LogP) is 5.54. The van der Waals surface area contributed by atoms with Gasteiger partial charge in [0.05, 0.1) is 25.1 Å². The van der Waals surface area contributed by atoms with Gasteiger partial charge in [0.2, 0.25) is 0 Å². The van der Waals surface area contributed by atoms with Crippen LogP contribution in [0.2, 0.25) is 0 Å². The molecule has 0 atom stereocenters. The molecule has 0 aliphatic carbocycles. The van der Waals surface area contributed by atoms with E-state index in [9.17, 15) is 0 Å². The van der Waals surface area contributed by atoms with Crippen LogP contribution in [0.15, 0.2) is 84.9 Å². The van der Waals surface area contributed by atoms with Gasteiger partial charge in [-0.15, -0.1) is 0 Å². The van der Waals surface area contributed by atoms with Crippen LogP contribution in [0, 0.1) is 0 Å². The van der Waals surface area contributed by atoms with Gasteiger partial charge in [-0.1, -0.05) is 60.7 Å². The summed E-state index contributed by atoms with van der Waals surface area (Å²) in [5, 5.41) is 0. The average Bonchev–Trinajstić information content (AvgIpc) is 3.18. The van der Waals surface area contributed by atoms with Crippen LogP contribution in [0.4, 0.5) is 0 Å². The molecule has 4 aromatic rings. The number of methoxy groups -OCH3 is 2. The number of benzene rings is 3. The van der Waals surface area contributed by atoms with Crippen molar-refractivity contribution in [3.63, 3.8) is 0 Å². The molecule has 1 aromatic heterocycles. The third-order valence-corrected chi connectivity index (χ3v) is 4.93. The third-order valence-electron chi connectivity index (χ3n) is 4.93. The minimum absolute atomic E-state index is 0.605. The lowest BCUT2D eigenvalue weighted by atomic mass is 10.0. The maximum atomic E-state index is 5.41. The summed E-state index contributed by atoms with van der Waals surface area (Å²) in [6.07, 6.45) is 0. The Bertz CT molecular complexity index is 1060. The van der Waals surface area contributed by atoms with Gasteiger partial charge in [-0.3, -0.25) is 0 Å². The number of nitrogens with zero attached hydrogens (tertiary/aromatic N) is 2. The SMILES string of the molecule is COCCn1c(-c2ccc(OC)cc2)nc(-c2ccccc2)c1-c1ccccc1. The van der Waals surface area contributed by atoms with E-state index in [1.54, 1.807) is 14.2 Å². The Balaban J connectivity index is 1.96. The highest BCUT2D eigenvalue weighted by Crippen LogP contribution is 2.36. The maximum absolute atomic E-state index is 5.41. The van der Waals surface area contributed by atoms with Crippen LogP contribution in [0.25, 0.3) is 33.9 Å². The second-order valence-corrected chi connectivity index (χ2v) is 6.74. The third kappa shape index (κ3) is 3.93. The van der Waals surface area contributed by atoms with E-state index in [2.05, 4.69) is 41.0 Å². The van der Waals surface area contributed by atoms with Gasteiger partial charge in [-0.2, -0.15) is 0 Å². The first kappa shape index (κ1) is 19.0. The summed E-state index contributed by atoms with van der Waals surface area (Å²) in [6.45, 7) is 1.31. The number of rotatable bonds is 7. The summed E-state index contributed by atoms with van der Waals surface area (Å²) in [5.74, 6) is 1.75. The van der Waals surface area contributed by atoms with Crippen molar-refractivity contribution in [1.82, 2.24) is 9.55 Å².